The minimum absolute atomic E-state index is 0.551. The van der Waals surface area contributed by atoms with E-state index in [9.17, 15) is 0 Å². The Morgan fingerprint density at radius 2 is 1.94 bits per heavy atom. The summed E-state index contributed by atoms with van der Waals surface area (Å²) in [5.41, 5.74) is 1.82. The second-order valence-corrected chi connectivity index (χ2v) is 3.23. The van der Waals surface area contributed by atoms with Crippen LogP contribution in [-0.2, 0) is 0 Å². The number of aromatic nitrogens is 6. The molecule has 3 rings (SSSR count). The van der Waals surface area contributed by atoms with Gasteiger partial charge in [-0.15, -0.1) is 15.3 Å². The summed E-state index contributed by atoms with van der Waals surface area (Å²) in [5, 5.41) is 15.6. The van der Waals surface area contributed by atoms with E-state index in [1.165, 1.54) is 6.33 Å². The quantitative estimate of drug-likeness (QED) is 0.689. The number of rotatable bonds is 2. The SMILES string of the molecule is c1ccc(-c2cn(-c3nnc[nH]3)nn2)cc1. The third kappa shape index (κ3) is 1.46. The van der Waals surface area contributed by atoms with Crippen LogP contribution in [0.3, 0.4) is 0 Å². The van der Waals surface area contributed by atoms with E-state index in [4.69, 9.17) is 0 Å². The molecule has 0 radical (unpaired) electrons. The molecule has 0 spiro atoms. The molecule has 2 aromatic heterocycles. The molecule has 0 amide bonds. The Balaban J connectivity index is 2.00. The Hall–Kier alpha value is -2.50. The topological polar surface area (TPSA) is 72.3 Å². The van der Waals surface area contributed by atoms with E-state index >= 15 is 0 Å². The van der Waals surface area contributed by atoms with Crippen LogP contribution in [0.2, 0.25) is 0 Å². The molecule has 2 heterocycles. The molecule has 1 N–H and O–H groups in total. The molecule has 6 heteroatoms. The van der Waals surface area contributed by atoms with Crippen LogP contribution in [0.15, 0.2) is 42.9 Å². The second-order valence-electron chi connectivity index (χ2n) is 3.23. The first kappa shape index (κ1) is 8.78. The lowest BCUT2D eigenvalue weighted by Gasteiger charge is -1.92. The third-order valence-corrected chi connectivity index (χ3v) is 2.18. The summed E-state index contributed by atoms with van der Waals surface area (Å²) >= 11 is 0. The van der Waals surface area contributed by atoms with Crippen molar-refractivity contribution in [3.63, 3.8) is 0 Å². The summed E-state index contributed by atoms with van der Waals surface area (Å²) in [5.74, 6) is 0.551. The summed E-state index contributed by atoms with van der Waals surface area (Å²) in [6.45, 7) is 0. The zero-order valence-electron chi connectivity index (χ0n) is 8.28. The molecule has 78 valence electrons. The average Bonchev–Trinajstić information content (AvgIpc) is 3.01. The predicted molar refractivity (Wildman–Crippen MR) is 56.7 cm³/mol. The van der Waals surface area contributed by atoms with Gasteiger partial charge in [-0.2, -0.15) is 4.68 Å². The molecule has 3 aromatic rings. The van der Waals surface area contributed by atoms with Crippen molar-refractivity contribution in [1.29, 1.82) is 0 Å². The van der Waals surface area contributed by atoms with Gasteiger partial charge in [-0.1, -0.05) is 35.5 Å². The molecule has 0 aliphatic carbocycles. The monoisotopic (exact) mass is 212 g/mol. The molecule has 0 aliphatic rings. The Morgan fingerprint density at radius 3 is 2.69 bits per heavy atom. The van der Waals surface area contributed by atoms with Crippen LogP contribution in [0, 0.1) is 0 Å². The van der Waals surface area contributed by atoms with E-state index < -0.39 is 0 Å². The predicted octanol–water partition coefficient (Wildman–Crippen LogP) is 1.05. The van der Waals surface area contributed by atoms with Gasteiger partial charge in [0, 0.05) is 5.56 Å². The maximum atomic E-state index is 4.07. The van der Waals surface area contributed by atoms with Crippen molar-refractivity contribution in [2.45, 2.75) is 0 Å². The Kier molecular flexibility index (Phi) is 1.96. The van der Waals surface area contributed by atoms with Crippen LogP contribution in [0.4, 0.5) is 0 Å². The Labute approximate surface area is 91.0 Å². The number of nitrogens with zero attached hydrogens (tertiary/aromatic N) is 5. The molecule has 0 saturated carbocycles. The van der Waals surface area contributed by atoms with Gasteiger partial charge in [0.1, 0.15) is 12.0 Å². The average molecular weight is 212 g/mol. The van der Waals surface area contributed by atoms with Gasteiger partial charge in [0.05, 0.1) is 6.20 Å². The Morgan fingerprint density at radius 1 is 1.06 bits per heavy atom. The first-order valence-corrected chi connectivity index (χ1v) is 4.78. The van der Waals surface area contributed by atoms with Gasteiger partial charge in [-0.05, 0) is 0 Å². The number of aromatic amines is 1. The summed E-state index contributed by atoms with van der Waals surface area (Å²) < 4.78 is 1.55. The van der Waals surface area contributed by atoms with Crippen molar-refractivity contribution < 1.29 is 0 Å². The minimum Gasteiger partial charge on any atom is -0.312 e. The highest BCUT2D eigenvalue weighted by atomic mass is 15.5. The van der Waals surface area contributed by atoms with Gasteiger partial charge in [-0.3, -0.25) is 0 Å². The molecule has 16 heavy (non-hydrogen) atoms. The van der Waals surface area contributed by atoms with Gasteiger partial charge < -0.3 is 4.98 Å². The van der Waals surface area contributed by atoms with Crippen LogP contribution >= 0.6 is 0 Å². The van der Waals surface area contributed by atoms with Crippen molar-refractivity contribution in [3.8, 4) is 17.2 Å². The fraction of sp³-hybridized carbons (Fsp3) is 0. The zero-order chi connectivity index (χ0) is 10.8. The van der Waals surface area contributed by atoms with Gasteiger partial charge in [-0.25, -0.2) is 0 Å². The van der Waals surface area contributed by atoms with E-state index in [0.29, 0.717) is 5.95 Å². The van der Waals surface area contributed by atoms with Gasteiger partial charge in [0.25, 0.3) is 5.95 Å². The molecule has 1 aromatic carbocycles. The number of H-pyrrole nitrogens is 1. The number of nitrogens with one attached hydrogen (secondary N) is 1. The molecular formula is C10H8N6. The Bertz CT molecular complexity index is 568. The maximum Gasteiger partial charge on any atom is 0.250 e. The fourth-order valence-electron chi connectivity index (χ4n) is 1.42. The molecular weight excluding hydrogens is 204 g/mol. The van der Waals surface area contributed by atoms with E-state index in [0.717, 1.165) is 11.3 Å². The highest BCUT2D eigenvalue weighted by Gasteiger charge is 2.05. The zero-order valence-corrected chi connectivity index (χ0v) is 8.28. The summed E-state index contributed by atoms with van der Waals surface area (Å²) in [7, 11) is 0. The van der Waals surface area contributed by atoms with Crippen LogP contribution in [0.5, 0.6) is 0 Å². The third-order valence-electron chi connectivity index (χ3n) is 2.18. The fourth-order valence-corrected chi connectivity index (χ4v) is 1.42. The van der Waals surface area contributed by atoms with Gasteiger partial charge >= 0.3 is 0 Å². The highest BCUT2D eigenvalue weighted by molar-refractivity contribution is 5.57. The first-order chi connectivity index (χ1) is 7.93. The minimum atomic E-state index is 0.551. The smallest absolute Gasteiger partial charge is 0.250 e. The maximum absolute atomic E-state index is 4.07. The van der Waals surface area contributed by atoms with E-state index in [1.54, 1.807) is 10.9 Å². The summed E-state index contributed by atoms with van der Waals surface area (Å²) in [6, 6.07) is 9.85. The molecule has 0 unspecified atom stereocenters. The molecule has 6 nitrogen and oxygen atoms in total. The summed E-state index contributed by atoms with van der Waals surface area (Å²) in [4.78, 5) is 2.86. The first-order valence-electron chi connectivity index (χ1n) is 4.78. The number of hydrogen-bond donors (Lipinski definition) is 1. The van der Waals surface area contributed by atoms with E-state index in [1.807, 2.05) is 30.3 Å². The van der Waals surface area contributed by atoms with Crippen LogP contribution in [0.1, 0.15) is 0 Å². The largest absolute Gasteiger partial charge is 0.312 e. The summed E-state index contributed by atoms with van der Waals surface area (Å²) in [6.07, 6.45) is 3.30. The molecule has 0 atom stereocenters. The van der Waals surface area contributed by atoms with Crippen LogP contribution < -0.4 is 0 Å². The van der Waals surface area contributed by atoms with E-state index in [-0.39, 0.29) is 0 Å². The molecule has 0 fully saturated rings. The van der Waals surface area contributed by atoms with E-state index in [2.05, 4.69) is 25.5 Å². The van der Waals surface area contributed by atoms with Crippen molar-refractivity contribution in [2.75, 3.05) is 0 Å². The van der Waals surface area contributed by atoms with Crippen molar-refractivity contribution in [1.82, 2.24) is 30.2 Å². The number of hydrogen-bond acceptors (Lipinski definition) is 4. The van der Waals surface area contributed by atoms with Crippen LogP contribution in [0.25, 0.3) is 17.2 Å². The van der Waals surface area contributed by atoms with Gasteiger partial charge in [0.2, 0.25) is 0 Å². The molecule has 0 aliphatic heterocycles. The van der Waals surface area contributed by atoms with Crippen molar-refractivity contribution in [3.05, 3.63) is 42.9 Å². The lowest BCUT2D eigenvalue weighted by atomic mass is 10.2. The normalized spacial score (nSPS) is 10.5. The highest BCUT2D eigenvalue weighted by Crippen LogP contribution is 2.15. The lowest BCUT2D eigenvalue weighted by Crippen LogP contribution is -1.96. The number of benzene rings is 1. The lowest BCUT2D eigenvalue weighted by molar-refractivity contribution is 0.759. The van der Waals surface area contributed by atoms with Gasteiger partial charge in [0.15, 0.2) is 0 Å². The second kappa shape index (κ2) is 3.58. The standard InChI is InChI=1S/C10H8N6/c1-2-4-8(5-3-1)9-6-16(15-13-9)10-11-7-12-14-10/h1-7H,(H,11,12,14). The molecule has 0 bridgehead atoms. The van der Waals surface area contributed by atoms with Crippen molar-refractivity contribution >= 4 is 0 Å². The van der Waals surface area contributed by atoms with Crippen LogP contribution in [-0.4, -0.2) is 30.2 Å². The molecule has 0 saturated heterocycles. The van der Waals surface area contributed by atoms with Crippen molar-refractivity contribution in [2.24, 2.45) is 0 Å².